The zero-order chi connectivity index (χ0) is 14.8. The highest BCUT2D eigenvalue weighted by Gasteiger charge is 2.31. The Bertz CT molecular complexity index is 627. The molecule has 0 bridgehead atoms. The minimum Gasteiger partial charge on any atom is -0.353 e. The summed E-state index contributed by atoms with van der Waals surface area (Å²) in [4.78, 5) is 16.7. The number of anilines is 1. The van der Waals surface area contributed by atoms with E-state index in [1.54, 1.807) is 12.5 Å². The van der Waals surface area contributed by atoms with Gasteiger partial charge in [0.25, 0.3) is 0 Å². The van der Waals surface area contributed by atoms with Crippen LogP contribution in [0.1, 0.15) is 11.1 Å². The number of aryl methyl sites for hydroxylation is 1. The zero-order valence-corrected chi connectivity index (χ0v) is 12.2. The van der Waals surface area contributed by atoms with Crippen molar-refractivity contribution in [2.45, 2.75) is 19.5 Å². The molecule has 0 aromatic carbocycles. The first-order valence-electron chi connectivity index (χ1n) is 6.94. The van der Waals surface area contributed by atoms with Gasteiger partial charge in [-0.25, -0.2) is 14.4 Å². The molecule has 0 unspecified atom stereocenters. The lowest BCUT2D eigenvalue weighted by atomic mass is 10.1. The van der Waals surface area contributed by atoms with Crippen LogP contribution in [0.4, 0.5) is 10.2 Å². The summed E-state index contributed by atoms with van der Waals surface area (Å²) < 4.78 is 13.1. The number of pyridine rings is 1. The Labute approximate surface area is 123 Å². The van der Waals surface area contributed by atoms with Crippen molar-refractivity contribution in [3.05, 3.63) is 47.9 Å². The van der Waals surface area contributed by atoms with Crippen molar-refractivity contribution in [1.82, 2.24) is 19.9 Å². The van der Waals surface area contributed by atoms with Gasteiger partial charge in [0, 0.05) is 43.6 Å². The van der Waals surface area contributed by atoms with Crippen LogP contribution in [0, 0.1) is 12.7 Å². The first kappa shape index (κ1) is 13.9. The highest BCUT2D eigenvalue weighted by Crippen LogP contribution is 2.24. The van der Waals surface area contributed by atoms with Gasteiger partial charge < -0.3 is 4.90 Å². The van der Waals surface area contributed by atoms with E-state index in [1.165, 1.54) is 12.3 Å². The van der Waals surface area contributed by atoms with Crippen LogP contribution in [0.2, 0.25) is 0 Å². The van der Waals surface area contributed by atoms with Crippen LogP contribution < -0.4 is 4.90 Å². The molecule has 1 saturated heterocycles. The summed E-state index contributed by atoms with van der Waals surface area (Å²) in [6, 6.07) is 1.98. The molecule has 0 saturated carbocycles. The maximum absolute atomic E-state index is 13.1. The van der Waals surface area contributed by atoms with Gasteiger partial charge in [-0.1, -0.05) is 0 Å². The van der Waals surface area contributed by atoms with E-state index < -0.39 is 0 Å². The van der Waals surface area contributed by atoms with E-state index in [2.05, 4.69) is 31.8 Å². The Morgan fingerprint density at radius 2 is 2.10 bits per heavy atom. The summed E-state index contributed by atoms with van der Waals surface area (Å²) >= 11 is 0. The molecule has 0 amide bonds. The van der Waals surface area contributed by atoms with Crippen molar-refractivity contribution in [3.8, 4) is 0 Å². The number of nitrogens with zero attached hydrogens (tertiary/aromatic N) is 5. The molecule has 5 nitrogen and oxygen atoms in total. The molecule has 0 aliphatic carbocycles. The van der Waals surface area contributed by atoms with Gasteiger partial charge in [0.1, 0.15) is 18.0 Å². The molecule has 0 atom stereocenters. The van der Waals surface area contributed by atoms with Gasteiger partial charge in [-0.05, 0) is 25.6 Å². The lowest BCUT2D eigenvalue weighted by Crippen LogP contribution is -2.58. The molecule has 1 fully saturated rings. The number of likely N-dealkylation sites (N-methyl/N-ethyl adjacent to an activating group) is 1. The van der Waals surface area contributed by atoms with Gasteiger partial charge in [-0.15, -0.1) is 0 Å². The number of rotatable bonds is 4. The second kappa shape index (κ2) is 5.73. The van der Waals surface area contributed by atoms with E-state index in [9.17, 15) is 4.39 Å². The average molecular weight is 287 g/mol. The predicted molar refractivity (Wildman–Crippen MR) is 78.4 cm³/mol. The number of hydrogen-bond acceptors (Lipinski definition) is 5. The van der Waals surface area contributed by atoms with E-state index in [4.69, 9.17) is 0 Å². The standard InChI is InChI=1S/C15H18FN5/c1-11-4-18-10-19-15(11)21-8-14(9-21)20(2)7-12-3-13(16)6-17-5-12/h3-6,10,14H,7-9H2,1-2H3. The van der Waals surface area contributed by atoms with Crippen molar-refractivity contribution < 1.29 is 4.39 Å². The number of aromatic nitrogens is 3. The maximum atomic E-state index is 13.1. The average Bonchev–Trinajstić information content (AvgIpc) is 2.39. The molecule has 1 aliphatic heterocycles. The van der Waals surface area contributed by atoms with Crippen LogP contribution in [-0.2, 0) is 6.54 Å². The number of hydrogen-bond donors (Lipinski definition) is 0. The van der Waals surface area contributed by atoms with Crippen molar-refractivity contribution in [3.63, 3.8) is 0 Å². The first-order chi connectivity index (χ1) is 10.1. The van der Waals surface area contributed by atoms with E-state index in [1.807, 2.05) is 13.1 Å². The minimum absolute atomic E-state index is 0.284. The van der Waals surface area contributed by atoms with Gasteiger partial charge >= 0.3 is 0 Å². The number of halogens is 1. The molecule has 110 valence electrons. The highest BCUT2D eigenvalue weighted by atomic mass is 19.1. The van der Waals surface area contributed by atoms with Gasteiger partial charge in [0.15, 0.2) is 0 Å². The second-order valence-corrected chi connectivity index (χ2v) is 5.51. The van der Waals surface area contributed by atoms with E-state index in [0.717, 1.165) is 30.0 Å². The molecule has 0 N–H and O–H groups in total. The smallest absolute Gasteiger partial charge is 0.141 e. The lowest BCUT2D eigenvalue weighted by molar-refractivity contribution is 0.196. The third-order valence-corrected chi connectivity index (χ3v) is 3.85. The molecule has 3 heterocycles. The van der Waals surface area contributed by atoms with Crippen molar-refractivity contribution >= 4 is 5.82 Å². The Morgan fingerprint density at radius 1 is 1.29 bits per heavy atom. The Kier molecular flexibility index (Phi) is 3.79. The molecule has 2 aromatic heterocycles. The zero-order valence-electron chi connectivity index (χ0n) is 12.2. The summed E-state index contributed by atoms with van der Waals surface area (Å²) in [6.07, 6.45) is 6.35. The van der Waals surface area contributed by atoms with Gasteiger partial charge in [0.05, 0.1) is 6.20 Å². The third kappa shape index (κ3) is 3.00. The summed E-state index contributed by atoms with van der Waals surface area (Å²) in [7, 11) is 2.06. The molecule has 2 aromatic rings. The topological polar surface area (TPSA) is 45.2 Å². The van der Waals surface area contributed by atoms with Crippen molar-refractivity contribution in [1.29, 1.82) is 0 Å². The van der Waals surface area contributed by atoms with E-state index in [0.29, 0.717) is 12.6 Å². The Morgan fingerprint density at radius 3 is 2.81 bits per heavy atom. The van der Waals surface area contributed by atoms with Crippen LogP contribution in [-0.4, -0.2) is 46.0 Å². The molecule has 1 aliphatic rings. The fourth-order valence-corrected chi connectivity index (χ4v) is 2.59. The second-order valence-electron chi connectivity index (χ2n) is 5.51. The molecule has 3 rings (SSSR count). The summed E-state index contributed by atoms with van der Waals surface area (Å²) in [6.45, 7) is 4.57. The van der Waals surface area contributed by atoms with Crippen LogP contribution in [0.3, 0.4) is 0 Å². The van der Waals surface area contributed by atoms with Gasteiger partial charge in [0.2, 0.25) is 0 Å². The Hall–Kier alpha value is -2.08. The normalized spacial score (nSPS) is 15.3. The van der Waals surface area contributed by atoms with Crippen LogP contribution in [0.5, 0.6) is 0 Å². The summed E-state index contributed by atoms with van der Waals surface area (Å²) in [5.41, 5.74) is 1.99. The highest BCUT2D eigenvalue weighted by molar-refractivity contribution is 5.47. The molecule has 21 heavy (non-hydrogen) atoms. The molecule has 6 heteroatoms. The first-order valence-corrected chi connectivity index (χ1v) is 6.94. The monoisotopic (exact) mass is 287 g/mol. The summed E-state index contributed by atoms with van der Waals surface area (Å²) in [5, 5.41) is 0. The fraction of sp³-hybridized carbons (Fsp3) is 0.400. The SMILES string of the molecule is Cc1cncnc1N1CC(N(C)Cc2cncc(F)c2)C1. The molecular weight excluding hydrogens is 269 g/mol. The van der Waals surface area contributed by atoms with Crippen LogP contribution >= 0.6 is 0 Å². The predicted octanol–water partition coefficient (Wildman–Crippen LogP) is 1.64. The quantitative estimate of drug-likeness (QED) is 0.855. The van der Waals surface area contributed by atoms with Gasteiger partial charge in [-0.3, -0.25) is 9.88 Å². The van der Waals surface area contributed by atoms with Crippen LogP contribution in [0.25, 0.3) is 0 Å². The Balaban J connectivity index is 1.57. The van der Waals surface area contributed by atoms with Crippen molar-refractivity contribution in [2.24, 2.45) is 0 Å². The molecule has 0 spiro atoms. The van der Waals surface area contributed by atoms with Gasteiger partial charge in [-0.2, -0.15) is 0 Å². The molecule has 0 radical (unpaired) electrons. The maximum Gasteiger partial charge on any atom is 0.141 e. The minimum atomic E-state index is -0.284. The van der Waals surface area contributed by atoms with Crippen molar-refractivity contribution in [2.75, 3.05) is 25.0 Å². The lowest BCUT2D eigenvalue weighted by Gasteiger charge is -2.45. The van der Waals surface area contributed by atoms with E-state index in [-0.39, 0.29) is 5.82 Å². The summed E-state index contributed by atoms with van der Waals surface area (Å²) in [5.74, 6) is 0.717. The largest absolute Gasteiger partial charge is 0.353 e. The van der Waals surface area contributed by atoms with Crippen LogP contribution in [0.15, 0.2) is 31.0 Å². The fourth-order valence-electron chi connectivity index (χ4n) is 2.59. The molecular formula is C15H18FN5. The third-order valence-electron chi connectivity index (χ3n) is 3.85. The van der Waals surface area contributed by atoms with E-state index >= 15 is 0 Å².